The van der Waals surface area contributed by atoms with Gasteiger partial charge in [-0.2, -0.15) is 0 Å². The largest absolute Gasteiger partial charge is 0.461 e. The highest BCUT2D eigenvalue weighted by molar-refractivity contribution is 5.94. The highest BCUT2D eigenvalue weighted by Crippen LogP contribution is 2.22. The molecule has 2 N–H and O–H groups in total. The van der Waals surface area contributed by atoms with Crippen molar-refractivity contribution in [2.45, 2.75) is 118 Å². The Labute approximate surface area is 262 Å². The van der Waals surface area contributed by atoms with Crippen LogP contribution in [-0.2, 0) is 44.8 Å². The predicted molar refractivity (Wildman–Crippen MR) is 167 cm³/mol. The molecule has 0 spiro atoms. The molecule has 1 aromatic rings. The van der Waals surface area contributed by atoms with Gasteiger partial charge in [-0.15, -0.1) is 0 Å². The molecule has 0 saturated heterocycles. The van der Waals surface area contributed by atoms with Crippen LogP contribution in [0.3, 0.4) is 0 Å². The molecule has 0 radical (unpaired) electrons. The molecular formula is C34H52N2O8. The molecule has 1 aromatic carbocycles. The Morgan fingerprint density at radius 1 is 0.886 bits per heavy atom. The lowest BCUT2D eigenvalue weighted by atomic mass is 9.87. The van der Waals surface area contributed by atoms with E-state index in [0.29, 0.717) is 19.1 Å². The maximum Gasteiger partial charge on any atom is 0.306 e. The maximum absolute atomic E-state index is 13.5. The first kappa shape index (κ1) is 38.5. The predicted octanol–water partition coefficient (Wildman–Crippen LogP) is 4.71. The Morgan fingerprint density at radius 2 is 1.52 bits per heavy atom. The van der Waals surface area contributed by atoms with E-state index >= 15 is 0 Å². The lowest BCUT2D eigenvalue weighted by Crippen LogP contribution is -2.47. The zero-order valence-corrected chi connectivity index (χ0v) is 27.6. The summed E-state index contributed by atoms with van der Waals surface area (Å²) in [4.78, 5) is 76.4. The van der Waals surface area contributed by atoms with E-state index in [4.69, 9.17) is 9.47 Å². The number of benzene rings is 1. The van der Waals surface area contributed by atoms with Gasteiger partial charge in [0.1, 0.15) is 18.5 Å². The van der Waals surface area contributed by atoms with Gasteiger partial charge in [0.25, 0.3) is 0 Å². The average Bonchev–Trinajstić information content (AvgIpc) is 2.95. The number of nitrogens with one attached hydrogen (secondary N) is 2. The van der Waals surface area contributed by atoms with Gasteiger partial charge >= 0.3 is 11.9 Å². The Hall–Kier alpha value is -3.56. The van der Waals surface area contributed by atoms with E-state index in [1.807, 2.05) is 58.0 Å². The van der Waals surface area contributed by atoms with Crippen molar-refractivity contribution in [1.29, 1.82) is 0 Å². The topological polar surface area (TPSA) is 145 Å². The Morgan fingerprint density at radius 3 is 2.07 bits per heavy atom. The zero-order valence-electron chi connectivity index (χ0n) is 27.6. The van der Waals surface area contributed by atoms with Gasteiger partial charge in [0, 0.05) is 18.8 Å². The maximum atomic E-state index is 13.5. The third-order valence-electron chi connectivity index (χ3n) is 7.23. The summed E-state index contributed by atoms with van der Waals surface area (Å²) in [6.07, 6.45) is 1.18. The molecule has 0 aliphatic carbocycles. The molecule has 0 aliphatic rings. The van der Waals surface area contributed by atoms with E-state index < -0.39 is 59.1 Å². The van der Waals surface area contributed by atoms with Crippen molar-refractivity contribution < 1.29 is 38.2 Å². The van der Waals surface area contributed by atoms with Crippen LogP contribution in [0.1, 0.15) is 99.5 Å². The van der Waals surface area contributed by atoms with Crippen LogP contribution in [0, 0.1) is 23.7 Å². The van der Waals surface area contributed by atoms with Crippen molar-refractivity contribution in [3.05, 3.63) is 35.9 Å². The summed E-state index contributed by atoms with van der Waals surface area (Å²) in [5.74, 6) is -4.04. The Balaban J connectivity index is 3.04. The second-order valence-electron chi connectivity index (χ2n) is 13.0. The number of ketones is 1. The first-order valence-electron chi connectivity index (χ1n) is 15.6. The molecule has 0 saturated carbocycles. The zero-order chi connectivity index (χ0) is 33.4. The highest BCUT2D eigenvalue weighted by atomic mass is 16.6. The van der Waals surface area contributed by atoms with Crippen molar-refractivity contribution in [1.82, 2.24) is 10.6 Å². The monoisotopic (exact) mass is 616 g/mol. The van der Waals surface area contributed by atoms with Crippen molar-refractivity contribution in [3.63, 3.8) is 0 Å². The number of carbonyl (C=O) groups is 6. The number of hydrogen-bond donors (Lipinski definition) is 2. The molecule has 246 valence electrons. The molecule has 0 aromatic heterocycles. The lowest BCUT2D eigenvalue weighted by Gasteiger charge is -2.26. The SMILES string of the molecule is CCC(C)[C@H](CC(=O)OCc1ccccc1)C(=O)N[C@@H](CCC(=O)OC(C)(C)C)C(=O)C[C@@H](C)C(=O)N[C@H](C=O)CC(C)C. The fourth-order valence-electron chi connectivity index (χ4n) is 4.58. The van der Waals surface area contributed by atoms with Crippen molar-refractivity contribution in [3.8, 4) is 0 Å². The van der Waals surface area contributed by atoms with Gasteiger partial charge < -0.3 is 24.9 Å². The fraction of sp³-hybridized carbons (Fsp3) is 0.647. The minimum absolute atomic E-state index is 0.0379. The van der Waals surface area contributed by atoms with Gasteiger partial charge in [0.05, 0.1) is 24.4 Å². The van der Waals surface area contributed by atoms with Crippen LogP contribution < -0.4 is 10.6 Å². The van der Waals surface area contributed by atoms with Crippen LogP contribution in [-0.4, -0.2) is 53.5 Å². The smallest absolute Gasteiger partial charge is 0.306 e. The number of hydrogen-bond acceptors (Lipinski definition) is 8. The van der Waals surface area contributed by atoms with Crippen molar-refractivity contribution >= 4 is 35.8 Å². The van der Waals surface area contributed by atoms with Crippen LogP contribution in [0.15, 0.2) is 30.3 Å². The standard InChI is InChI=1S/C34H52N2O8/c1-9-23(4)27(19-31(40)43-21-25-13-11-10-12-14-25)33(42)36-28(15-16-30(39)44-34(6,7)8)29(38)18-24(5)32(41)35-26(20-37)17-22(2)3/h10-14,20,22-24,26-28H,9,15-19,21H2,1-8H3,(H,35,41)(H,36,42)/t23?,24-,26+,27+,28+/m1/s1. The molecule has 2 amide bonds. The number of amides is 2. The van der Waals surface area contributed by atoms with E-state index in [0.717, 1.165) is 5.56 Å². The number of carbonyl (C=O) groups excluding carboxylic acids is 6. The number of aldehydes is 1. The summed E-state index contributed by atoms with van der Waals surface area (Å²) < 4.78 is 10.8. The van der Waals surface area contributed by atoms with Gasteiger partial charge in [-0.25, -0.2) is 0 Å². The summed E-state index contributed by atoms with van der Waals surface area (Å²) in [6.45, 7) is 14.5. The number of ether oxygens (including phenoxy) is 2. The molecule has 0 heterocycles. The van der Waals surface area contributed by atoms with Crippen molar-refractivity contribution in [2.75, 3.05) is 0 Å². The first-order chi connectivity index (χ1) is 20.6. The van der Waals surface area contributed by atoms with Crippen LogP contribution in [0.25, 0.3) is 0 Å². The van der Waals surface area contributed by atoms with Crippen LogP contribution in [0.2, 0.25) is 0 Å². The van der Waals surface area contributed by atoms with Gasteiger partial charge in [-0.3, -0.25) is 24.0 Å². The lowest BCUT2D eigenvalue weighted by molar-refractivity contribution is -0.155. The average molecular weight is 617 g/mol. The molecule has 10 nitrogen and oxygen atoms in total. The summed E-state index contributed by atoms with van der Waals surface area (Å²) in [5.41, 5.74) is 0.0966. The van der Waals surface area contributed by atoms with Crippen LogP contribution >= 0.6 is 0 Å². The minimum Gasteiger partial charge on any atom is -0.461 e. The van der Waals surface area contributed by atoms with Gasteiger partial charge in [0.15, 0.2) is 5.78 Å². The van der Waals surface area contributed by atoms with E-state index in [1.165, 1.54) is 0 Å². The fourth-order valence-corrected chi connectivity index (χ4v) is 4.58. The van der Waals surface area contributed by atoms with E-state index in [-0.39, 0.29) is 44.1 Å². The second kappa shape index (κ2) is 19.0. The molecule has 0 fully saturated rings. The number of Topliss-reactive ketones (excluding diaryl/α,β-unsaturated/α-hetero) is 1. The van der Waals surface area contributed by atoms with Crippen LogP contribution in [0.5, 0.6) is 0 Å². The first-order valence-corrected chi connectivity index (χ1v) is 15.6. The van der Waals surface area contributed by atoms with Crippen LogP contribution in [0.4, 0.5) is 0 Å². The molecule has 44 heavy (non-hydrogen) atoms. The normalized spacial score (nSPS) is 14.8. The van der Waals surface area contributed by atoms with Gasteiger partial charge in [-0.1, -0.05) is 71.4 Å². The number of rotatable bonds is 19. The summed E-state index contributed by atoms with van der Waals surface area (Å²) in [5, 5.41) is 5.43. The van der Waals surface area contributed by atoms with E-state index in [2.05, 4.69) is 10.6 Å². The minimum atomic E-state index is -1.09. The third kappa shape index (κ3) is 15.3. The summed E-state index contributed by atoms with van der Waals surface area (Å²) in [6, 6.07) is 7.44. The van der Waals surface area contributed by atoms with Gasteiger partial charge in [-0.05, 0) is 51.0 Å². The van der Waals surface area contributed by atoms with E-state index in [9.17, 15) is 28.8 Å². The molecule has 5 atom stereocenters. The Kier molecular flexibility index (Phi) is 16.6. The van der Waals surface area contributed by atoms with E-state index in [1.54, 1.807) is 27.7 Å². The molecule has 0 aliphatic heterocycles. The molecule has 0 bridgehead atoms. The molecule has 1 unspecified atom stereocenters. The second-order valence-corrected chi connectivity index (χ2v) is 13.0. The van der Waals surface area contributed by atoms with Crippen molar-refractivity contribution in [2.24, 2.45) is 23.7 Å². The van der Waals surface area contributed by atoms with Gasteiger partial charge in [0.2, 0.25) is 11.8 Å². The summed E-state index contributed by atoms with van der Waals surface area (Å²) in [7, 11) is 0. The molecule has 10 heteroatoms. The third-order valence-corrected chi connectivity index (χ3v) is 7.23. The Bertz CT molecular complexity index is 1100. The molecule has 1 rings (SSSR count). The highest BCUT2D eigenvalue weighted by Gasteiger charge is 2.33. The number of esters is 2. The quantitative estimate of drug-likeness (QED) is 0.168. The molecular weight excluding hydrogens is 564 g/mol. The summed E-state index contributed by atoms with van der Waals surface area (Å²) >= 11 is 0.